The highest BCUT2D eigenvalue weighted by Crippen LogP contribution is 2.19. The smallest absolute Gasteiger partial charge is 0.335 e. The highest BCUT2D eigenvalue weighted by Gasteiger charge is 2.10. The number of aromatic nitrogens is 3. The molecule has 1 N–H and O–H groups in total. The van der Waals surface area contributed by atoms with Crippen molar-refractivity contribution in [1.82, 2.24) is 14.8 Å². The van der Waals surface area contributed by atoms with E-state index in [2.05, 4.69) is 10.1 Å². The SMILES string of the molecule is CC(C)n1ncnc1-c1ccc(C(=O)O)cc1. The second kappa shape index (κ2) is 4.37. The predicted molar refractivity (Wildman–Crippen MR) is 62.8 cm³/mol. The Kier molecular flexibility index (Phi) is 2.91. The van der Waals surface area contributed by atoms with Gasteiger partial charge in [-0.1, -0.05) is 12.1 Å². The van der Waals surface area contributed by atoms with E-state index in [9.17, 15) is 4.79 Å². The first-order chi connectivity index (χ1) is 8.09. The fraction of sp³-hybridized carbons (Fsp3) is 0.250. The summed E-state index contributed by atoms with van der Waals surface area (Å²) in [7, 11) is 0. The van der Waals surface area contributed by atoms with Crippen LogP contribution in [0.15, 0.2) is 30.6 Å². The van der Waals surface area contributed by atoms with Gasteiger partial charge >= 0.3 is 5.97 Å². The van der Waals surface area contributed by atoms with Crippen LogP contribution in [0.2, 0.25) is 0 Å². The number of carbonyl (C=O) groups is 1. The van der Waals surface area contributed by atoms with E-state index in [0.29, 0.717) is 0 Å². The van der Waals surface area contributed by atoms with Crippen molar-refractivity contribution in [3.63, 3.8) is 0 Å². The van der Waals surface area contributed by atoms with Gasteiger partial charge in [-0.25, -0.2) is 14.5 Å². The third kappa shape index (κ3) is 2.18. The van der Waals surface area contributed by atoms with Gasteiger partial charge in [0.15, 0.2) is 5.82 Å². The lowest BCUT2D eigenvalue weighted by Crippen LogP contribution is -2.05. The molecule has 0 radical (unpaired) electrons. The number of nitrogens with zero attached hydrogens (tertiary/aromatic N) is 3. The largest absolute Gasteiger partial charge is 0.478 e. The molecular formula is C12H13N3O2. The normalized spacial score (nSPS) is 10.8. The maximum absolute atomic E-state index is 10.7. The molecule has 1 heterocycles. The van der Waals surface area contributed by atoms with Crippen molar-refractivity contribution in [3.05, 3.63) is 36.2 Å². The van der Waals surface area contributed by atoms with Crippen LogP contribution in [0.3, 0.4) is 0 Å². The summed E-state index contributed by atoms with van der Waals surface area (Å²) in [5.41, 5.74) is 1.13. The molecule has 5 nitrogen and oxygen atoms in total. The molecule has 5 heteroatoms. The lowest BCUT2D eigenvalue weighted by atomic mass is 10.1. The Balaban J connectivity index is 2.40. The Labute approximate surface area is 98.7 Å². The number of rotatable bonds is 3. The summed E-state index contributed by atoms with van der Waals surface area (Å²) in [6.45, 7) is 4.04. The summed E-state index contributed by atoms with van der Waals surface area (Å²) in [5.74, 6) is -0.182. The number of carboxylic acids is 1. The zero-order chi connectivity index (χ0) is 12.4. The quantitative estimate of drug-likeness (QED) is 0.879. The highest BCUT2D eigenvalue weighted by molar-refractivity contribution is 5.88. The fourth-order valence-electron chi connectivity index (χ4n) is 1.60. The van der Waals surface area contributed by atoms with Gasteiger partial charge in [0.1, 0.15) is 6.33 Å². The standard InChI is InChI=1S/C12H13N3O2/c1-8(2)15-11(13-7-14-15)9-3-5-10(6-4-9)12(16)17/h3-8H,1-2H3,(H,16,17). The van der Waals surface area contributed by atoms with Crippen LogP contribution in [0.1, 0.15) is 30.2 Å². The van der Waals surface area contributed by atoms with Gasteiger partial charge < -0.3 is 5.11 Å². The molecule has 0 aliphatic heterocycles. The molecule has 17 heavy (non-hydrogen) atoms. The number of hydrogen-bond acceptors (Lipinski definition) is 3. The van der Waals surface area contributed by atoms with Crippen LogP contribution in [0, 0.1) is 0 Å². The van der Waals surface area contributed by atoms with Gasteiger partial charge in [0, 0.05) is 11.6 Å². The monoisotopic (exact) mass is 231 g/mol. The molecule has 0 aliphatic carbocycles. The molecule has 2 aromatic rings. The summed E-state index contributed by atoms with van der Waals surface area (Å²) in [5, 5.41) is 13.0. The molecular weight excluding hydrogens is 218 g/mol. The minimum Gasteiger partial charge on any atom is -0.478 e. The Morgan fingerprint density at radius 2 is 1.94 bits per heavy atom. The number of aromatic carboxylic acids is 1. The molecule has 88 valence electrons. The third-order valence-corrected chi connectivity index (χ3v) is 2.45. The Morgan fingerprint density at radius 1 is 1.29 bits per heavy atom. The molecule has 2 rings (SSSR count). The number of hydrogen-bond donors (Lipinski definition) is 1. The fourth-order valence-corrected chi connectivity index (χ4v) is 1.60. The summed E-state index contributed by atoms with van der Waals surface area (Å²) < 4.78 is 1.80. The van der Waals surface area contributed by atoms with Gasteiger partial charge in [-0.3, -0.25) is 0 Å². The molecule has 1 aromatic heterocycles. The van der Waals surface area contributed by atoms with Crippen LogP contribution in [0.4, 0.5) is 0 Å². The van der Waals surface area contributed by atoms with Crippen molar-refractivity contribution >= 4 is 5.97 Å². The molecule has 0 fully saturated rings. The summed E-state index contributed by atoms with van der Waals surface area (Å²) >= 11 is 0. The van der Waals surface area contributed by atoms with E-state index in [-0.39, 0.29) is 11.6 Å². The zero-order valence-electron chi connectivity index (χ0n) is 9.66. The molecule has 0 spiro atoms. The Bertz CT molecular complexity index is 529. The van der Waals surface area contributed by atoms with Gasteiger partial charge in [-0.15, -0.1) is 0 Å². The average molecular weight is 231 g/mol. The second-order valence-electron chi connectivity index (χ2n) is 4.00. The maximum atomic E-state index is 10.7. The minimum absolute atomic E-state index is 0.214. The first-order valence-electron chi connectivity index (χ1n) is 5.33. The van der Waals surface area contributed by atoms with E-state index in [1.165, 1.54) is 6.33 Å². The van der Waals surface area contributed by atoms with Crippen molar-refractivity contribution in [2.75, 3.05) is 0 Å². The molecule has 0 atom stereocenters. The predicted octanol–water partition coefficient (Wildman–Crippen LogP) is 2.22. The van der Waals surface area contributed by atoms with Crippen LogP contribution in [-0.4, -0.2) is 25.8 Å². The van der Waals surface area contributed by atoms with E-state index in [0.717, 1.165) is 11.4 Å². The highest BCUT2D eigenvalue weighted by atomic mass is 16.4. The van der Waals surface area contributed by atoms with Crippen molar-refractivity contribution < 1.29 is 9.90 Å². The van der Waals surface area contributed by atoms with Crippen molar-refractivity contribution in [3.8, 4) is 11.4 Å². The molecule has 0 saturated carbocycles. The van der Waals surface area contributed by atoms with Crippen molar-refractivity contribution in [2.24, 2.45) is 0 Å². The van der Waals surface area contributed by atoms with E-state index >= 15 is 0 Å². The van der Waals surface area contributed by atoms with Gasteiger partial charge in [-0.2, -0.15) is 5.10 Å². The minimum atomic E-state index is -0.929. The molecule has 0 bridgehead atoms. The van der Waals surface area contributed by atoms with Gasteiger partial charge in [0.2, 0.25) is 0 Å². The number of benzene rings is 1. The van der Waals surface area contributed by atoms with Crippen molar-refractivity contribution in [1.29, 1.82) is 0 Å². The van der Waals surface area contributed by atoms with Crippen molar-refractivity contribution in [2.45, 2.75) is 19.9 Å². The van der Waals surface area contributed by atoms with E-state index in [4.69, 9.17) is 5.11 Å². The average Bonchev–Trinajstić information content (AvgIpc) is 2.78. The first-order valence-corrected chi connectivity index (χ1v) is 5.33. The molecule has 0 amide bonds. The molecule has 0 aliphatic rings. The number of carboxylic acid groups (broad SMARTS) is 1. The first kappa shape index (κ1) is 11.3. The third-order valence-electron chi connectivity index (χ3n) is 2.45. The molecule has 1 aromatic carbocycles. The summed E-state index contributed by atoms with van der Waals surface area (Å²) in [4.78, 5) is 14.9. The maximum Gasteiger partial charge on any atom is 0.335 e. The summed E-state index contributed by atoms with van der Waals surface area (Å²) in [6.07, 6.45) is 1.50. The Hall–Kier alpha value is -2.17. The molecule has 0 unspecified atom stereocenters. The van der Waals surface area contributed by atoms with Crippen LogP contribution in [0.25, 0.3) is 11.4 Å². The van der Waals surface area contributed by atoms with Crippen LogP contribution in [-0.2, 0) is 0 Å². The van der Waals surface area contributed by atoms with Crippen LogP contribution in [0.5, 0.6) is 0 Å². The summed E-state index contributed by atoms with van der Waals surface area (Å²) in [6, 6.07) is 6.83. The zero-order valence-corrected chi connectivity index (χ0v) is 9.66. The Morgan fingerprint density at radius 3 is 2.47 bits per heavy atom. The van der Waals surface area contributed by atoms with E-state index in [1.54, 1.807) is 28.9 Å². The van der Waals surface area contributed by atoms with E-state index in [1.807, 2.05) is 13.8 Å². The lowest BCUT2D eigenvalue weighted by Gasteiger charge is -2.09. The van der Waals surface area contributed by atoms with Gasteiger partial charge in [-0.05, 0) is 26.0 Å². The lowest BCUT2D eigenvalue weighted by molar-refractivity contribution is 0.0697. The molecule has 0 saturated heterocycles. The second-order valence-corrected chi connectivity index (χ2v) is 4.00. The van der Waals surface area contributed by atoms with E-state index < -0.39 is 5.97 Å². The van der Waals surface area contributed by atoms with Gasteiger partial charge in [0.25, 0.3) is 0 Å². The van der Waals surface area contributed by atoms with Gasteiger partial charge in [0.05, 0.1) is 5.56 Å². The van der Waals surface area contributed by atoms with Crippen LogP contribution < -0.4 is 0 Å². The topological polar surface area (TPSA) is 68.0 Å². The van der Waals surface area contributed by atoms with Crippen LogP contribution >= 0.6 is 0 Å².